The largest absolute Gasteiger partial charge is 0.316 e. The molecule has 0 aliphatic carbocycles. The molecular formula is C13H24N2. The third kappa shape index (κ3) is 5.53. The summed E-state index contributed by atoms with van der Waals surface area (Å²) < 4.78 is 0. The molecule has 0 aromatic heterocycles. The van der Waals surface area contributed by atoms with E-state index in [9.17, 15) is 0 Å². The van der Waals surface area contributed by atoms with Gasteiger partial charge < -0.3 is 5.32 Å². The van der Waals surface area contributed by atoms with Gasteiger partial charge in [0.05, 0.1) is 0 Å². The first-order chi connectivity index (χ1) is 7.38. The molecule has 2 nitrogen and oxygen atoms in total. The summed E-state index contributed by atoms with van der Waals surface area (Å²) in [6, 6.07) is 0. The number of rotatable bonds is 1. The van der Waals surface area contributed by atoms with Crippen molar-refractivity contribution >= 4 is 6.21 Å². The van der Waals surface area contributed by atoms with Gasteiger partial charge in [-0.05, 0) is 50.9 Å². The van der Waals surface area contributed by atoms with Crippen LogP contribution in [0.4, 0.5) is 0 Å². The lowest BCUT2D eigenvalue weighted by Gasteiger charge is -2.04. The zero-order valence-corrected chi connectivity index (χ0v) is 10.5. The molecule has 1 N–H and O–H groups in total. The standard InChI is InChI=1S/C11H18N2.C2H6/c1-3-10-5-7-13-8-6-11(10)9-12-4-2;1-2/h3-4,9,13H,5-8H2,1-2H3;1-2H3/b10-3-,11-9-,12-4?;. The zero-order chi connectivity index (χ0) is 11.5. The number of hydrogen-bond donors (Lipinski definition) is 1. The van der Waals surface area contributed by atoms with E-state index in [1.165, 1.54) is 11.1 Å². The van der Waals surface area contributed by atoms with Gasteiger partial charge in [-0.15, -0.1) is 0 Å². The minimum atomic E-state index is 1.07. The predicted octanol–water partition coefficient (Wildman–Crippen LogP) is 3.32. The number of aliphatic imine (C=N–C) groups is 1. The van der Waals surface area contributed by atoms with E-state index in [2.05, 4.69) is 23.3 Å². The highest BCUT2D eigenvalue weighted by atomic mass is 14.9. The van der Waals surface area contributed by atoms with Crippen molar-refractivity contribution < 1.29 is 0 Å². The minimum Gasteiger partial charge on any atom is -0.316 e. The van der Waals surface area contributed by atoms with Crippen molar-refractivity contribution in [3.05, 3.63) is 23.4 Å². The fourth-order valence-corrected chi connectivity index (χ4v) is 1.53. The molecule has 0 unspecified atom stereocenters. The minimum absolute atomic E-state index is 1.07. The highest BCUT2D eigenvalue weighted by molar-refractivity contribution is 5.54. The summed E-state index contributed by atoms with van der Waals surface area (Å²) in [4.78, 5) is 4.18. The van der Waals surface area contributed by atoms with E-state index in [1.807, 2.05) is 33.2 Å². The topological polar surface area (TPSA) is 24.4 Å². The molecule has 1 saturated heterocycles. The van der Waals surface area contributed by atoms with Gasteiger partial charge in [0.25, 0.3) is 0 Å². The van der Waals surface area contributed by atoms with Gasteiger partial charge in [-0.3, -0.25) is 4.99 Å². The van der Waals surface area contributed by atoms with Crippen molar-refractivity contribution in [1.29, 1.82) is 0 Å². The van der Waals surface area contributed by atoms with Crippen LogP contribution in [-0.4, -0.2) is 19.3 Å². The van der Waals surface area contributed by atoms with Gasteiger partial charge >= 0.3 is 0 Å². The second-order valence-corrected chi connectivity index (χ2v) is 3.13. The van der Waals surface area contributed by atoms with Crippen LogP contribution in [0.1, 0.15) is 40.5 Å². The predicted molar refractivity (Wildman–Crippen MR) is 69.5 cm³/mol. The maximum atomic E-state index is 4.18. The third-order valence-electron chi connectivity index (χ3n) is 2.28. The lowest BCUT2D eigenvalue weighted by molar-refractivity contribution is 0.717. The smallest absolute Gasteiger partial charge is 0.0298 e. The summed E-state index contributed by atoms with van der Waals surface area (Å²) >= 11 is 0. The summed E-state index contributed by atoms with van der Waals surface area (Å²) in [5, 5.41) is 3.38. The molecule has 1 aliphatic rings. The Hall–Kier alpha value is -0.890. The van der Waals surface area contributed by atoms with Crippen molar-refractivity contribution in [2.24, 2.45) is 4.99 Å². The molecule has 0 bridgehead atoms. The molecule has 0 aromatic rings. The molecule has 0 radical (unpaired) electrons. The Morgan fingerprint density at radius 2 is 1.67 bits per heavy atom. The maximum absolute atomic E-state index is 4.18. The van der Waals surface area contributed by atoms with E-state index < -0.39 is 0 Å². The van der Waals surface area contributed by atoms with Crippen LogP contribution in [-0.2, 0) is 0 Å². The summed E-state index contributed by atoms with van der Waals surface area (Å²) in [6.07, 6.45) is 8.24. The molecule has 2 heteroatoms. The van der Waals surface area contributed by atoms with Crippen LogP contribution in [0.15, 0.2) is 28.4 Å². The van der Waals surface area contributed by atoms with Crippen LogP contribution >= 0.6 is 0 Å². The Kier molecular flexibility index (Phi) is 9.08. The van der Waals surface area contributed by atoms with Crippen LogP contribution in [0.3, 0.4) is 0 Å². The first kappa shape index (κ1) is 14.1. The molecule has 0 aromatic carbocycles. The Morgan fingerprint density at radius 3 is 2.20 bits per heavy atom. The number of hydrogen-bond acceptors (Lipinski definition) is 2. The second-order valence-electron chi connectivity index (χ2n) is 3.13. The van der Waals surface area contributed by atoms with Crippen molar-refractivity contribution in [2.75, 3.05) is 13.1 Å². The third-order valence-corrected chi connectivity index (χ3v) is 2.28. The highest BCUT2D eigenvalue weighted by Gasteiger charge is 2.07. The SMILES string of the molecule is CC.CC=N/C=C1/CCNCC/C1=C/C. The molecule has 15 heavy (non-hydrogen) atoms. The number of allylic oxidation sites excluding steroid dienone is 1. The molecule has 0 saturated carbocycles. The van der Waals surface area contributed by atoms with Gasteiger partial charge in [0.15, 0.2) is 0 Å². The van der Waals surface area contributed by atoms with Crippen molar-refractivity contribution in [3.63, 3.8) is 0 Å². The summed E-state index contributed by atoms with van der Waals surface area (Å²) in [6.45, 7) is 10.2. The van der Waals surface area contributed by atoms with E-state index in [-0.39, 0.29) is 0 Å². The normalized spacial score (nSPS) is 22.7. The van der Waals surface area contributed by atoms with Gasteiger partial charge in [0, 0.05) is 12.4 Å². The average Bonchev–Trinajstić information content (AvgIpc) is 2.53. The van der Waals surface area contributed by atoms with Crippen LogP contribution in [0.2, 0.25) is 0 Å². The first-order valence-corrected chi connectivity index (χ1v) is 5.91. The van der Waals surface area contributed by atoms with E-state index in [1.54, 1.807) is 0 Å². The lowest BCUT2D eigenvalue weighted by atomic mass is 10.0. The van der Waals surface area contributed by atoms with Gasteiger partial charge in [-0.25, -0.2) is 0 Å². The molecule has 0 atom stereocenters. The van der Waals surface area contributed by atoms with Crippen LogP contribution in [0.5, 0.6) is 0 Å². The molecule has 1 fully saturated rings. The quantitative estimate of drug-likeness (QED) is 0.657. The Morgan fingerprint density at radius 1 is 1.07 bits per heavy atom. The Balaban J connectivity index is 0.000000921. The summed E-state index contributed by atoms with van der Waals surface area (Å²) in [7, 11) is 0. The Labute approximate surface area is 94.2 Å². The van der Waals surface area contributed by atoms with Gasteiger partial charge in [0.1, 0.15) is 0 Å². The monoisotopic (exact) mass is 208 g/mol. The van der Waals surface area contributed by atoms with Crippen LogP contribution in [0, 0.1) is 0 Å². The maximum Gasteiger partial charge on any atom is 0.0298 e. The molecule has 1 rings (SSSR count). The Bertz CT molecular complexity index is 237. The summed E-state index contributed by atoms with van der Waals surface area (Å²) in [5.74, 6) is 0. The van der Waals surface area contributed by atoms with Gasteiger partial charge in [-0.1, -0.05) is 19.9 Å². The molecule has 1 aliphatic heterocycles. The number of nitrogens with one attached hydrogen (secondary N) is 1. The molecule has 86 valence electrons. The molecule has 1 heterocycles. The van der Waals surface area contributed by atoms with Crippen molar-refractivity contribution in [2.45, 2.75) is 40.5 Å². The first-order valence-electron chi connectivity index (χ1n) is 5.91. The van der Waals surface area contributed by atoms with Crippen molar-refractivity contribution in [1.82, 2.24) is 5.32 Å². The molecular weight excluding hydrogens is 184 g/mol. The van der Waals surface area contributed by atoms with Crippen molar-refractivity contribution in [3.8, 4) is 0 Å². The lowest BCUT2D eigenvalue weighted by Crippen LogP contribution is -2.13. The second kappa shape index (κ2) is 9.66. The van der Waals surface area contributed by atoms with E-state index in [0.29, 0.717) is 0 Å². The van der Waals surface area contributed by atoms with E-state index in [0.717, 1.165) is 25.9 Å². The number of nitrogens with zero attached hydrogens (tertiary/aromatic N) is 1. The summed E-state index contributed by atoms with van der Waals surface area (Å²) in [5.41, 5.74) is 2.82. The van der Waals surface area contributed by atoms with Crippen LogP contribution < -0.4 is 5.32 Å². The zero-order valence-electron chi connectivity index (χ0n) is 10.5. The van der Waals surface area contributed by atoms with E-state index >= 15 is 0 Å². The van der Waals surface area contributed by atoms with Gasteiger partial charge in [0.2, 0.25) is 0 Å². The van der Waals surface area contributed by atoms with E-state index in [4.69, 9.17) is 0 Å². The van der Waals surface area contributed by atoms with Crippen LogP contribution in [0.25, 0.3) is 0 Å². The highest BCUT2D eigenvalue weighted by Crippen LogP contribution is 2.19. The van der Waals surface area contributed by atoms with Gasteiger partial charge in [-0.2, -0.15) is 0 Å². The fraction of sp³-hybridized carbons (Fsp3) is 0.615. The average molecular weight is 208 g/mol. The molecule has 0 spiro atoms. The fourth-order valence-electron chi connectivity index (χ4n) is 1.53. The molecule has 0 amide bonds.